The maximum atomic E-state index is 4.22. The molecule has 4 rings (SSSR count). The monoisotopic (exact) mass is 360 g/mol. The van der Waals surface area contributed by atoms with Crippen molar-refractivity contribution < 1.29 is 0 Å². The molecule has 2 aromatic rings. The average Bonchev–Trinajstić information content (AvgIpc) is 3.30. The van der Waals surface area contributed by atoms with Crippen molar-refractivity contribution in [1.82, 2.24) is 29.9 Å². The molecule has 6 nitrogen and oxygen atoms in total. The summed E-state index contributed by atoms with van der Waals surface area (Å²) in [7, 11) is 0. The van der Waals surface area contributed by atoms with E-state index in [-0.39, 0.29) is 0 Å². The van der Waals surface area contributed by atoms with Crippen molar-refractivity contribution in [3.8, 4) is 0 Å². The molecule has 2 aliphatic rings. The molecule has 0 spiro atoms. The molecule has 2 fully saturated rings. The van der Waals surface area contributed by atoms with Gasteiger partial charge in [0.25, 0.3) is 0 Å². The molecule has 0 amide bonds. The Kier molecular flexibility index (Phi) is 5.76. The summed E-state index contributed by atoms with van der Waals surface area (Å²) in [6.07, 6.45) is 5.74. The second-order valence-corrected chi connectivity index (χ2v) is 8.24. The Morgan fingerprint density at radius 2 is 1.60 bits per heavy atom. The molecule has 4 heterocycles. The number of nitrogens with zero attached hydrogens (tertiary/aromatic N) is 5. The van der Waals surface area contributed by atoms with Gasteiger partial charge in [-0.25, -0.2) is 4.98 Å². The van der Waals surface area contributed by atoms with Gasteiger partial charge in [0.15, 0.2) is 0 Å². The van der Waals surface area contributed by atoms with Crippen LogP contribution in [0.3, 0.4) is 0 Å². The highest BCUT2D eigenvalue weighted by Crippen LogP contribution is 2.21. The number of aromatic nitrogens is 3. The van der Waals surface area contributed by atoms with Gasteiger partial charge in [0.2, 0.25) is 0 Å². The van der Waals surface area contributed by atoms with Crippen LogP contribution in [0.25, 0.3) is 0 Å². The second kappa shape index (κ2) is 8.40. The Morgan fingerprint density at radius 1 is 0.880 bits per heavy atom. The van der Waals surface area contributed by atoms with Crippen molar-refractivity contribution in [3.63, 3.8) is 0 Å². The molecule has 7 heteroatoms. The molecular weight excluding hydrogens is 332 g/mol. The lowest BCUT2D eigenvalue weighted by Gasteiger charge is -2.33. The van der Waals surface area contributed by atoms with Gasteiger partial charge in [-0.3, -0.25) is 19.8 Å². The average molecular weight is 361 g/mol. The van der Waals surface area contributed by atoms with Gasteiger partial charge in [0, 0.05) is 44.1 Å². The van der Waals surface area contributed by atoms with Crippen molar-refractivity contribution in [3.05, 3.63) is 34.0 Å². The first kappa shape index (κ1) is 17.1. The summed E-state index contributed by atoms with van der Waals surface area (Å²) >= 11 is 1.93. The van der Waals surface area contributed by atoms with Crippen LogP contribution in [-0.4, -0.2) is 69.1 Å². The molecule has 0 radical (unpaired) electrons. The summed E-state index contributed by atoms with van der Waals surface area (Å²) in [6, 6.07) is 2.43. The van der Waals surface area contributed by atoms with E-state index in [1.54, 1.807) is 6.33 Å². The van der Waals surface area contributed by atoms with E-state index in [1.165, 1.54) is 42.8 Å². The van der Waals surface area contributed by atoms with E-state index in [1.807, 2.05) is 11.3 Å². The quantitative estimate of drug-likeness (QED) is 0.856. The lowest BCUT2D eigenvalue weighted by Crippen LogP contribution is -2.45. The lowest BCUT2D eigenvalue weighted by atomic mass is 10.1. The molecule has 0 aliphatic carbocycles. The Labute approximate surface area is 153 Å². The minimum absolute atomic E-state index is 0.882. The van der Waals surface area contributed by atoms with Crippen molar-refractivity contribution in [2.75, 3.05) is 39.3 Å². The number of nitrogens with one attached hydrogen (secondary N) is 1. The van der Waals surface area contributed by atoms with Crippen molar-refractivity contribution in [2.24, 2.45) is 0 Å². The summed E-state index contributed by atoms with van der Waals surface area (Å²) in [6.45, 7) is 10.1. The molecular formula is C18H28N6S. The topological polar surface area (TPSA) is 51.3 Å². The molecule has 0 bridgehead atoms. The van der Waals surface area contributed by atoms with Crippen LogP contribution in [0.4, 0.5) is 0 Å². The molecule has 136 valence electrons. The molecule has 0 saturated carbocycles. The first-order chi connectivity index (χ1) is 12.3. The summed E-state index contributed by atoms with van der Waals surface area (Å²) in [4.78, 5) is 13.4. The van der Waals surface area contributed by atoms with Gasteiger partial charge in [-0.15, -0.1) is 11.3 Å². The maximum Gasteiger partial charge on any atom is 0.138 e. The van der Waals surface area contributed by atoms with Crippen LogP contribution < -0.4 is 0 Å². The van der Waals surface area contributed by atoms with Gasteiger partial charge in [0.05, 0.1) is 6.54 Å². The summed E-state index contributed by atoms with van der Waals surface area (Å²) in [5, 5.41) is 9.25. The van der Waals surface area contributed by atoms with Crippen LogP contribution in [-0.2, 0) is 19.6 Å². The van der Waals surface area contributed by atoms with Crippen molar-refractivity contribution >= 4 is 11.3 Å². The van der Waals surface area contributed by atoms with Crippen molar-refractivity contribution in [2.45, 2.75) is 38.9 Å². The summed E-state index contributed by atoms with van der Waals surface area (Å²) in [5.41, 5.74) is 1.51. The Balaban J connectivity index is 1.22. The molecule has 0 aromatic carbocycles. The third kappa shape index (κ3) is 4.88. The van der Waals surface area contributed by atoms with Gasteiger partial charge in [-0.05, 0) is 42.9 Å². The van der Waals surface area contributed by atoms with Crippen LogP contribution in [0, 0.1) is 0 Å². The first-order valence-electron chi connectivity index (χ1n) is 9.43. The highest BCUT2D eigenvalue weighted by Gasteiger charge is 2.19. The Hall–Kier alpha value is -1.28. The molecule has 0 atom stereocenters. The third-order valence-corrected chi connectivity index (χ3v) is 6.22. The first-order valence-corrected chi connectivity index (χ1v) is 10.3. The number of hydrogen-bond acceptors (Lipinski definition) is 6. The van der Waals surface area contributed by atoms with E-state index in [0.29, 0.717) is 0 Å². The van der Waals surface area contributed by atoms with Gasteiger partial charge < -0.3 is 0 Å². The zero-order chi connectivity index (χ0) is 16.9. The zero-order valence-electron chi connectivity index (χ0n) is 14.9. The zero-order valence-corrected chi connectivity index (χ0v) is 15.7. The number of piperazine rings is 1. The molecule has 25 heavy (non-hydrogen) atoms. The maximum absolute atomic E-state index is 4.22. The predicted molar refractivity (Wildman–Crippen MR) is 100 cm³/mol. The van der Waals surface area contributed by atoms with E-state index in [0.717, 1.165) is 51.6 Å². The number of rotatable bonds is 6. The van der Waals surface area contributed by atoms with Crippen LogP contribution >= 0.6 is 11.3 Å². The van der Waals surface area contributed by atoms with Gasteiger partial charge in [-0.2, -0.15) is 5.10 Å². The fourth-order valence-electron chi connectivity index (χ4n) is 3.81. The fourth-order valence-corrected chi connectivity index (χ4v) is 4.73. The van der Waals surface area contributed by atoms with Gasteiger partial charge >= 0.3 is 0 Å². The predicted octanol–water partition coefficient (Wildman–Crippen LogP) is 2.17. The number of aromatic amines is 1. The van der Waals surface area contributed by atoms with Gasteiger partial charge in [0.1, 0.15) is 12.2 Å². The van der Waals surface area contributed by atoms with Crippen LogP contribution in [0.2, 0.25) is 0 Å². The smallest absolute Gasteiger partial charge is 0.138 e. The largest absolute Gasteiger partial charge is 0.299 e. The minimum Gasteiger partial charge on any atom is -0.299 e. The minimum atomic E-state index is 0.882. The second-order valence-electron chi connectivity index (χ2n) is 7.24. The standard InChI is InChI=1S/C18H28N6S/c1-2-4-22(5-3-1)11-16-10-17(25-14-16)12-23-6-8-24(9-7-23)13-18-19-15-20-21-18/h10,14-15H,1-9,11-13H2,(H,19,20,21). The molecule has 0 unspecified atom stereocenters. The van der Waals surface area contributed by atoms with Crippen molar-refractivity contribution in [1.29, 1.82) is 0 Å². The van der Waals surface area contributed by atoms with Gasteiger partial charge in [-0.1, -0.05) is 6.42 Å². The molecule has 2 saturated heterocycles. The van der Waals surface area contributed by atoms with E-state index >= 15 is 0 Å². The van der Waals surface area contributed by atoms with Crippen LogP contribution in [0.5, 0.6) is 0 Å². The number of hydrogen-bond donors (Lipinski definition) is 1. The molecule has 1 N–H and O–H groups in total. The Morgan fingerprint density at radius 3 is 2.32 bits per heavy atom. The lowest BCUT2D eigenvalue weighted by molar-refractivity contribution is 0.120. The number of likely N-dealkylation sites (tertiary alicyclic amines) is 1. The SMILES string of the molecule is c1n[nH]c(CN2CCN(Cc3cc(CN4CCCCC4)cs3)CC2)n1. The highest BCUT2D eigenvalue weighted by atomic mass is 32.1. The van der Waals surface area contributed by atoms with E-state index in [9.17, 15) is 0 Å². The Bertz CT molecular complexity index is 626. The van der Waals surface area contributed by atoms with E-state index in [2.05, 4.69) is 41.3 Å². The summed E-state index contributed by atoms with van der Waals surface area (Å²) < 4.78 is 0. The number of piperidine rings is 1. The number of thiophene rings is 1. The molecule has 2 aromatic heterocycles. The highest BCUT2D eigenvalue weighted by molar-refractivity contribution is 7.10. The third-order valence-electron chi connectivity index (χ3n) is 5.25. The van der Waals surface area contributed by atoms with Crippen LogP contribution in [0.15, 0.2) is 17.8 Å². The fraction of sp³-hybridized carbons (Fsp3) is 0.667. The number of H-pyrrole nitrogens is 1. The summed E-state index contributed by atoms with van der Waals surface area (Å²) in [5.74, 6) is 0.967. The van der Waals surface area contributed by atoms with Crippen LogP contribution in [0.1, 0.15) is 35.5 Å². The normalized spacial score (nSPS) is 21.0. The van der Waals surface area contributed by atoms with E-state index < -0.39 is 0 Å². The molecule has 2 aliphatic heterocycles. The van der Waals surface area contributed by atoms with E-state index in [4.69, 9.17) is 0 Å².